The standard InChI is InChI=1S/C22H33FN4O2S/c1-15(2)7-10-25-21-12-16(11-20(23)27-21)17-13-24-9-8-18(29-6)19(14-26-17)30(28)22(3,4)5/h8-9,11-12,14-15,17,24H,7,10,13H2,1-6H3,(H,25,27)/b9-8+,19-18-,26-14?. The lowest BCUT2D eigenvalue weighted by molar-refractivity contribution is 0.306. The Morgan fingerprint density at radius 3 is 2.73 bits per heavy atom. The van der Waals surface area contributed by atoms with Gasteiger partial charge in [0.25, 0.3) is 0 Å². The first-order valence-electron chi connectivity index (χ1n) is 10.2. The van der Waals surface area contributed by atoms with E-state index in [1.807, 2.05) is 26.8 Å². The van der Waals surface area contributed by atoms with Gasteiger partial charge in [0.2, 0.25) is 5.95 Å². The second kappa shape index (κ2) is 10.7. The number of nitrogens with one attached hydrogen (secondary N) is 2. The molecular weight excluding hydrogens is 403 g/mol. The zero-order valence-corrected chi connectivity index (χ0v) is 19.5. The van der Waals surface area contributed by atoms with Gasteiger partial charge in [-0.1, -0.05) is 13.8 Å². The summed E-state index contributed by atoms with van der Waals surface area (Å²) >= 11 is 0. The summed E-state index contributed by atoms with van der Waals surface area (Å²) in [5.74, 6) is 0.959. The van der Waals surface area contributed by atoms with Crippen LogP contribution in [0.2, 0.25) is 0 Å². The van der Waals surface area contributed by atoms with Crippen LogP contribution in [0.25, 0.3) is 0 Å². The molecule has 0 saturated heterocycles. The van der Waals surface area contributed by atoms with Crippen molar-refractivity contribution in [2.24, 2.45) is 10.9 Å². The van der Waals surface area contributed by atoms with Gasteiger partial charge in [-0.25, -0.2) is 4.98 Å². The van der Waals surface area contributed by atoms with Gasteiger partial charge in [-0.15, -0.1) is 0 Å². The number of aromatic nitrogens is 1. The summed E-state index contributed by atoms with van der Waals surface area (Å²) in [6.07, 6.45) is 6.03. The van der Waals surface area contributed by atoms with Gasteiger partial charge in [0.1, 0.15) is 11.6 Å². The minimum absolute atomic E-state index is 0.374. The van der Waals surface area contributed by atoms with E-state index in [4.69, 9.17) is 4.74 Å². The van der Waals surface area contributed by atoms with Crippen molar-refractivity contribution in [3.05, 3.63) is 46.6 Å². The molecule has 0 spiro atoms. The predicted octanol–water partition coefficient (Wildman–Crippen LogP) is 4.31. The van der Waals surface area contributed by atoms with Crippen LogP contribution < -0.4 is 10.6 Å². The normalized spacial score (nSPS) is 21.9. The van der Waals surface area contributed by atoms with Gasteiger partial charge in [-0.05, 0) is 56.9 Å². The summed E-state index contributed by atoms with van der Waals surface area (Å²) in [7, 11) is 0.196. The molecule has 6 nitrogen and oxygen atoms in total. The van der Waals surface area contributed by atoms with E-state index in [2.05, 4.69) is 34.5 Å². The Morgan fingerprint density at radius 2 is 2.10 bits per heavy atom. The van der Waals surface area contributed by atoms with Gasteiger partial charge in [0.05, 0.1) is 28.9 Å². The predicted molar refractivity (Wildman–Crippen MR) is 122 cm³/mol. The lowest BCUT2D eigenvalue weighted by Gasteiger charge is -2.20. The molecule has 2 unspecified atom stereocenters. The van der Waals surface area contributed by atoms with E-state index < -0.39 is 21.5 Å². The molecule has 166 valence electrons. The number of hydrogen-bond acceptors (Lipinski definition) is 6. The Bertz CT molecular complexity index is 844. The Morgan fingerprint density at radius 1 is 1.37 bits per heavy atom. The van der Waals surface area contributed by atoms with Crippen LogP contribution in [0.3, 0.4) is 0 Å². The monoisotopic (exact) mass is 436 g/mol. The molecule has 1 aliphatic heterocycles. The van der Waals surface area contributed by atoms with E-state index in [1.165, 1.54) is 13.2 Å². The van der Waals surface area contributed by atoms with E-state index in [1.54, 1.807) is 18.5 Å². The second-order valence-corrected chi connectivity index (χ2v) is 10.8. The number of aliphatic imine (C=N–C) groups is 1. The first-order valence-corrected chi connectivity index (χ1v) is 11.3. The van der Waals surface area contributed by atoms with Gasteiger partial charge < -0.3 is 15.4 Å². The Balaban J connectivity index is 2.36. The number of halogens is 1. The zero-order chi connectivity index (χ0) is 22.3. The SMILES string of the molecule is COC1=C(\S(=O)C(C)(C)C)C=NC(c2cc(F)nc(NCCC(C)C)c2)CN\C=C\1. The quantitative estimate of drug-likeness (QED) is 0.623. The van der Waals surface area contributed by atoms with Crippen LogP contribution in [0, 0.1) is 11.9 Å². The van der Waals surface area contributed by atoms with Gasteiger partial charge in [-0.2, -0.15) is 4.39 Å². The molecule has 2 rings (SSSR count). The minimum Gasteiger partial charge on any atom is -0.495 e. The molecule has 0 aromatic carbocycles. The number of ether oxygens (including phenoxy) is 1. The van der Waals surface area contributed by atoms with Crippen molar-refractivity contribution in [2.45, 2.75) is 51.8 Å². The Hall–Kier alpha value is -2.22. The first kappa shape index (κ1) is 24.1. The Kier molecular flexibility index (Phi) is 8.58. The fraction of sp³-hybridized carbons (Fsp3) is 0.545. The Labute approximate surface area is 181 Å². The summed E-state index contributed by atoms with van der Waals surface area (Å²) < 4.78 is 32.2. The van der Waals surface area contributed by atoms with Crippen LogP contribution in [0.15, 0.2) is 40.1 Å². The fourth-order valence-corrected chi connectivity index (χ4v) is 3.95. The number of nitrogens with zero attached hydrogens (tertiary/aromatic N) is 2. The summed E-state index contributed by atoms with van der Waals surface area (Å²) in [6, 6.07) is 2.83. The molecule has 1 aliphatic rings. The molecular formula is C22H33FN4O2S. The molecule has 1 aromatic heterocycles. The maximum absolute atomic E-state index is 14.2. The molecule has 0 amide bonds. The molecule has 0 fully saturated rings. The number of rotatable bonds is 7. The molecule has 0 saturated carbocycles. The van der Waals surface area contributed by atoms with Crippen LogP contribution >= 0.6 is 0 Å². The third-order valence-electron chi connectivity index (χ3n) is 4.48. The molecule has 1 aromatic rings. The number of methoxy groups -OCH3 is 1. The van der Waals surface area contributed by atoms with Crippen molar-refractivity contribution >= 4 is 22.8 Å². The molecule has 0 aliphatic carbocycles. The maximum atomic E-state index is 14.2. The van der Waals surface area contributed by atoms with E-state index in [9.17, 15) is 8.60 Å². The minimum atomic E-state index is -1.34. The number of hydrogen-bond donors (Lipinski definition) is 2. The van der Waals surface area contributed by atoms with Gasteiger partial charge in [0.15, 0.2) is 0 Å². The van der Waals surface area contributed by atoms with E-state index in [-0.39, 0.29) is 6.04 Å². The molecule has 2 atom stereocenters. The lowest BCUT2D eigenvalue weighted by Crippen LogP contribution is -2.24. The van der Waals surface area contributed by atoms with E-state index in [0.717, 1.165) is 13.0 Å². The second-order valence-electron chi connectivity index (χ2n) is 8.57. The molecule has 8 heteroatoms. The highest BCUT2D eigenvalue weighted by atomic mass is 32.2. The summed E-state index contributed by atoms with van der Waals surface area (Å²) in [6.45, 7) is 11.1. The fourth-order valence-electron chi connectivity index (χ4n) is 2.80. The number of allylic oxidation sites excluding steroid dienone is 2. The van der Waals surface area contributed by atoms with Crippen LogP contribution in [-0.4, -0.2) is 40.4 Å². The summed E-state index contributed by atoms with van der Waals surface area (Å²) in [5.41, 5.74) is 0.688. The maximum Gasteiger partial charge on any atom is 0.215 e. The van der Waals surface area contributed by atoms with Crippen LogP contribution in [0.1, 0.15) is 52.6 Å². The molecule has 0 radical (unpaired) electrons. The number of anilines is 1. The van der Waals surface area contributed by atoms with Gasteiger partial charge >= 0.3 is 0 Å². The zero-order valence-electron chi connectivity index (χ0n) is 18.7. The van der Waals surface area contributed by atoms with Crippen LogP contribution in [-0.2, 0) is 15.5 Å². The van der Waals surface area contributed by atoms with Crippen molar-refractivity contribution < 1.29 is 13.3 Å². The van der Waals surface area contributed by atoms with Crippen molar-refractivity contribution in [1.82, 2.24) is 10.3 Å². The molecule has 30 heavy (non-hydrogen) atoms. The largest absolute Gasteiger partial charge is 0.495 e. The van der Waals surface area contributed by atoms with Crippen molar-refractivity contribution in [1.29, 1.82) is 0 Å². The highest BCUT2D eigenvalue weighted by Crippen LogP contribution is 2.25. The third kappa shape index (κ3) is 6.93. The number of pyridine rings is 1. The smallest absolute Gasteiger partial charge is 0.215 e. The van der Waals surface area contributed by atoms with E-state index >= 15 is 0 Å². The van der Waals surface area contributed by atoms with Crippen LogP contribution in [0.5, 0.6) is 0 Å². The lowest BCUT2D eigenvalue weighted by atomic mass is 10.1. The van der Waals surface area contributed by atoms with Gasteiger partial charge in [0, 0.05) is 30.3 Å². The van der Waals surface area contributed by atoms with E-state index in [0.29, 0.717) is 34.5 Å². The molecule has 2 N–H and O–H groups in total. The van der Waals surface area contributed by atoms with Crippen molar-refractivity contribution in [3.8, 4) is 0 Å². The van der Waals surface area contributed by atoms with Crippen molar-refractivity contribution in [3.63, 3.8) is 0 Å². The highest BCUT2D eigenvalue weighted by Gasteiger charge is 2.26. The topological polar surface area (TPSA) is 75.6 Å². The third-order valence-corrected chi connectivity index (χ3v) is 6.30. The summed E-state index contributed by atoms with van der Waals surface area (Å²) in [4.78, 5) is 9.08. The van der Waals surface area contributed by atoms with Crippen LogP contribution in [0.4, 0.5) is 10.2 Å². The average Bonchev–Trinajstić information content (AvgIpc) is 2.76. The van der Waals surface area contributed by atoms with Crippen molar-refractivity contribution in [2.75, 3.05) is 25.5 Å². The summed E-state index contributed by atoms with van der Waals surface area (Å²) in [5, 5.41) is 6.35. The molecule has 2 heterocycles. The highest BCUT2D eigenvalue weighted by molar-refractivity contribution is 7.91. The van der Waals surface area contributed by atoms with Gasteiger partial charge in [-0.3, -0.25) is 9.20 Å². The average molecular weight is 437 g/mol. The molecule has 0 bridgehead atoms. The first-order chi connectivity index (χ1) is 14.1.